The van der Waals surface area contributed by atoms with Gasteiger partial charge in [0.25, 0.3) is 0 Å². The third-order valence-corrected chi connectivity index (χ3v) is 1.25. The van der Waals surface area contributed by atoms with E-state index in [0.29, 0.717) is 10.8 Å². The second kappa shape index (κ2) is 2.23. The van der Waals surface area contributed by atoms with Crippen molar-refractivity contribution in [2.24, 2.45) is 0 Å². The first-order valence-corrected chi connectivity index (χ1v) is 2.93. The highest BCUT2D eigenvalue weighted by Crippen LogP contribution is 2.06. The summed E-state index contributed by atoms with van der Waals surface area (Å²) in [6.45, 7) is 1.49. The number of halogens is 1. The van der Waals surface area contributed by atoms with E-state index in [0.717, 1.165) is 0 Å². The molecule has 0 saturated carbocycles. The molecule has 0 bridgehead atoms. The summed E-state index contributed by atoms with van der Waals surface area (Å²) in [5, 5.41) is 0.500. The molecule has 1 aromatic heterocycles. The first-order chi connectivity index (χ1) is 4.20. The fraction of sp³-hybridized carbons (Fsp3) is 0.167. The molecule has 0 amide bonds. The molecule has 1 N–H and O–H groups in total. The van der Waals surface area contributed by atoms with E-state index in [4.69, 9.17) is 11.6 Å². The summed E-state index contributed by atoms with van der Waals surface area (Å²) in [4.78, 5) is 13.3. The van der Waals surface area contributed by atoms with Gasteiger partial charge in [-0.2, -0.15) is 0 Å². The Morgan fingerprint density at radius 1 is 1.67 bits per heavy atom. The Bertz CT molecular complexity index is 229. The van der Waals surface area contributed by atoms with E-state index in [9.17, 15) is 4.79 Å². The molecule has 0 saturated heterocycles. The van der Waals surface area contributed by atoms with Crippen molar-refractivity contribution in [2.75, 3.05) is 0 Å². The molecular weight excluding hydrogens is 138 g/mol. The van der Waals surface area contributed by atoms with E-state index in [-0.39, 0.29) is 5.78 Å². The number of Topliss-reactive ketones (excluding diaryl/α,β-unsaturated/α-hetero) is 1. The minimum atomic E-state index is 0.00176. The summed E-state index contributed by atoms with van der Waals surface area (Å²) >= 11 is 5.50. The van der Waals surface area contributed by atoms with Crippen LogP contribution in [0, 0.1) is 0 Å². The van der Waals surface area contributed by atoms with Crippen LogP contribution in [0.15, 0.2) is 12.1 Å². The van der Waals surface area contributed by atoms with Crippen LogP contribution in [0.4, 0.5) is 0 Å². The lowest BCUT2D eigenvalue weighted by molar-refractivity contribution is 0.101. The Labute approximate surface area is 57.8 Å². The average Bonchev–Trinajstić information content (AvgIpc) is 2.14. The first-order valence-electron chi connectivity index (χ1n) is 2.55. The largest absolute Gasteiger partial charge is 0.343 e. The highest BCUT2D eigenvalue weighted by atomic mass is 35.5. The van der Waals surface area contributed by atoms with Gasteiger partial charge in [0.1, 0.15) is 5.15 Å². The zero-order chi connectivity index (χ0) is 6.85. The van der Waals surface area contributed by atoms with Crippen molar-refractivity contribution in [3.63, 3.8) is 0 Å². The number of aromatic amines is 1. The van der Waals surface area contributed by atoms with E-state index >= 15 is 0 Å². The van der Waals surface area contributed by atoms with Crippen molar-refractivity contribution in [1.29, 1.82) is 0 Å². The number of H-pyrrole nitrogens is 1. The summed E-state index contributed by atoms with van der Waals surface area (Å²) in [6.07, 6.45) is 0. The quantitative estimate of drug-likeness (QED) is 0.599. The normalized spacial score (nSPS) is 9.56. The van der Waals surface area contributed by atoms with Crippen molar-refractivity contribution >= 4 is 17.4 Å². The summed E-state index contributed by atoms with van der Waals surface area (Å²) in [5.41, 5.74) is 0.556. The SMILES string of the molecule is CC(=O)c1ccc(Cl)[nH]1. The Morgan fingerprint density at radius 3 is 2.56 bits per heavy atom. The average molecular weight is 144 g/mol. The van der Waals surface area contributed by atoms with Gasteiger partial charge in [-0.05, 0) is 12.1 Å². The molecule has 0 aromatic carbocycles. The Kier molecular flexibility index (Phi) is 1.58. The molecule has 0 atom stereocenters. The maximum atomic E-state index is 10.6. The van der Waals surface area contributed by atoms with Crippen LogP contribution in [0.3, 0.4) is 0 Å². The van der Waals surface area contributed by atoms with E-state index in [1.54, 1.807) is 12.1 Å². The molecule has 0 aliphatic rings. The van der Waals surface area contributed by atoms with Crippen molar-refractivity contribution < 1.29 is 4.79 Å². The molecule has 3 heteroatoms. The molecule has 1 rings (SSSR count). The molecule has 0 aliphatic carbocycles. The van der Waals surface area contributed by atoms with Crippen LogP contribution in [0.1, 0.15) is 17.4 Å². The Morgan fingerprint density at radius 2 is 2.33 bits per heavy atom. The van der Waals surface area contributed by atoms with E-state index in [2.05, 4.69) is 4.98 Å². The number of hydrogen-bond acceptors (Lipinski definition) is 1. The minimum absolute atomic E-state index is 0.00176. The molecule has 0 radical (unpaired) electrons. The Balaban J connectivity index is 2.98. The molecule has 0 unspecified atom stereocenters. The molecule has 2 nitrogen and oxygen atoms in total. The second-order valence-electron chi connectivity index (χ2n) is 1.78. The number of aromatic nitrogens is 1. The van der Waals surface area contributed by atoms with E-state index < -0.39 is 0 Å². The topological polar surface area (TPSA) is 32.9 Å². The maximum absolute atomic E-state index is 10.6. The molecule has 0 fully saturated rings. The molecular formula is C6H6ClNO. The van der Waals surface area contributed by atoms with Gasteiger partial charge in [0, 0.05) is 6.92 Å². The zero-order valence-corrected chi connectivity index (χ0v) is 5.70. The lowest BCUT2D eigenvalue weighted by Gasteiger charge is -1.83. The highest BCUT2D eigenvalue weighted by Gasteiger charge is 1.98. The Hall–Kier alpha value is -0.760. The first kappa shape index (κ1) is 6.36. The summed E-state index contributed by atoms with van der Waals surface area (Å²) in [6, 6.07) is 3.31. The van der Waals surface area contributed by atoms with Gasteiger partial charge < -0.3 is 4.98 Å². The van der Waals surface area contributed by atoms with Crippen LogP contribution in [-0.2, 0) is 0 Å². The molecule has 9 heavy (non-hydrogen) atoms. The fourth-order valence-corrected chi connectivity index (χ4v) is 0.739. The number of ketones is 1. The van der Waals surface area contributed by atoms with Gasteiger partial charge >= 0.3 is 0 Å². The van der Waals surface area contributed by atoms with Gasteiger partial charge in [-0.25, -0.2) is 0 Å². The zero-order valence-electron chi connectivity index (χ0n) is 4.94. The third kappa shape index (κ3) is 1.33. The van der Waals surface area contributed by atoms with Gasteiger partial charge in [0.15, 0.2) is 5.78 Å². The number of carbonyl (C=O) groups is 1. The lowest BCUT2D eigenvalue weighted by atomic mass is 10.3. The van der Waals surface area contributed by atoms with Crippen molar-refractivity contribution in [3.05, 3.63) is 23.0 Å². The fourth-order valence-electron chi connectivity index (χ4n) is 0.574. The predicted molar refractivity (Wildman–Crippen MR) is 35.8 cm³/mol. The summed E-state index contributed by atoms with van der Waals surface area (Å²) in [7, 11) is 0. The monoisotopic (exact) mass is 143 g/mol. The number of nitrogens with one attached hydrogen (secondary N) is 1. The molecule has 0 aliphatic heterocycles. The van der Waals surface area contributed by atoms with Crippen LogP contribution in [0.5, 0.6) is 0 Å². The minimum Gasteiger partial charge on any atom is -0.343 e. The van der Waals surface area contributed by atoms with Gasteiger partial charge in [-0.3, -0.25) is 4.79 Å². The molecule has 1 heterocycles. The van der Waals surface area contributed by atoms with Gasteiger partial charge in [-0.15, -0.1) is 0 Å². The number of carbonyl (C=O) groups excluding carboxylic acids is 1. The van der Waals surface area contributed by atoms with Crippen LogP contribution >= 0.6 is 11.6 Å². The van der Waals surface area contributed by atoms with Crippen molar-refractivity contribution in [1.82, 2.24) is 4.98 Å². The predicted octanol–water partition coefficient (Wildman–Crippen LogP) is 1.87. The standard InChI is InChI=1S/C6H6ClNO/c1-4(9)5-2-3-6(7)8-5/h2-3,8H,1H3. The van der Waals surface area contributed by atoms with Crippen LogP contribution in [0.2, 0.25) is 5.15 Å². The number of hydrogen-bond donors (Lipinski definition) is 1. The van der Waals surface area contributed by atoms with Gasteiger partial charge in [0.05, 0.1) is 5.69 Å². The lowest BCUT2D eigenvalue weighted by Crippen LogP contribution is -1.89. The third-order valence-electron chi connectivity index (χ3n) is 1.03. The van der Waals surface area contributed by atoms with Crippen molar-refractivity contribution in [3.8, 4) is 0 Å². The van der Waals surface area contributed by atoms with Crippen LogP contribution in [-0.4, -0.2) is 10.8 Å². The van der Waals surface area contributed by atoms with E-state index in [1.807, 2.05) is 0 Å². The molecule has 0 spiro atoms. The highest BCUT2D eigenvalue weighted by molar-refractivity contribution is 6.29. The smallest absolute Gasteiger partial charge is 0.175 e. The van der Waals surface area contributed by atoms with Gasteiger partial charge in [-0.1, -0.05) is 11.6 Å². The van der Waals surface area contributed by atoms with E-state index in [1.165, 1.54) is 6.92 Å². The number of rotatable bonds is 1. The van der Waals surface area contributed by atoms with Gasteiger partial charge in [0.2, 0.25) is 0 Å². The molecule has 48 valence electrons. The van der Waals surface area contributed by atoms with Crippen molar-refractivity contribution in [2.45, 2.75) is 6.92 Å². The molecule has 1 aromatic rings. The summed E-state index contributed by atoms with van der Waals surface area (Å²) < 4.78 is 0. The summed E-state index contributed by atoms with van der Waals surface area (Å²) in [5.74, 6) is 0.00176. The second-order valence-corrected chi connectivity index (χ2v) is 2.18. The maximum Gasteiger partial charge on any atom is 0.175 e. The van der Waals surface area contributed by atoms with Crippen LogP contribution < -0.4 is 0 Å². The van der Waals surface area contributed by atoms with Crippen LogP contribution in [0.25, 0.3) is 0 Å².